The molecule has 1 N–H and O–H groups in total. The van der Waals surface area contributed by atoms with Crippen molar-refractivity contribution in [3.8, 4) is 23.6 Å². The molecule has 2 amide bonds. The van der Waals surface area contributed by atoms with E-state index in [0.29, 0.717) is 11.1 Å². The van der Waals surface area contributed by atoms with Crippen molar-refractivity contribution in [2.45, 2.75) is 18.7 Å². The van der Waals surface area contributed by atoms with E-state index in [1.165, 1.54) is 29.3 Å². The largest absolute Gasteiger partial charge is 0.270 e. The second-order valence-electron chi connectivity index (χ2n) is 7.37. The Labute approximate surface area is 193 Å². The van der Waals surface area contributed by atoms with Gasteiger partial charge in [0.1, 0.15) is 4.90 Å². The molecule has 2 aromatic rings. The Bertz CT molecular complexity index is 1330. The zero-order valence-electron chi connectivity index (χ0n) is 18.1. The van der Waals surface area contributed by atoms with E-state index in [9.17, 15) is 18.0 Å². The van der Waals surface area contributed by atoms with Crippen molar-refractivity contribution < 1.29 is 18.0 Å². The van der Waals surface area contributed by atoms with Gasteiger partial charge in [-0.1, -0.05) is 66.6 Å². The number of benzene rings is 3. The molecule has 0 saturated carbocycles. The van der Waals surface area contributed by atoms with Gasteiger partial charge in [0.15, 0.2) is 0 Å². The summed E-state index contributed by atoms with van der Waals surface area (Å²) >= 11 is 0. The van der Waals surface area contributed by atoms with E-state index in [4.69, 9.17) is 6.42 Å². The van der Waals surface area contributed by atoms with Crippen LogP contribution in [0.5, 0.6) is 0 Å². The van der Waals surface area contributed by atoms with E-state index in [1.807, 2.05) is 4.72 Å². The van der Waals surface area contributed by atoms with Crippen molar-refractivity contribution in [3.63, 3.8) is 0 Å². The molecule has 33 heavy (non-hydrogen) atoms. The van der Waals surface area contributed by atoms with Gasteiger partial charge in [-0.2, -0.15) is 0 Å². The van der Waals surface area contributed by atoms with Crippen molar-refractivity contribution in [2.24, 2.45) is 0 Å². The summed E-state index contributed by atoms with van der Waals surface area (Å²) in [4.78, 5) is 25.2. The van der Waals surface area contributed by atoms with Crippen LogP contribution < -0.4 is 9.62 Å². The van der Waals surface area contributed by atoms with Gasteiger partial charge in [0.25, 0.3) is 21.8 Å². The number of allylic oxidation sites excluding steroid dienone is 1. The van der Waals surface area contributed by atoms with Crippen LogP contribution in [-0.2, 0) is 14.8 Å². The number of hydrogen-bond donors (Lipinski definition) is 1. The molecule has 0 aromatic heterocycles. The quantitative estimate of drug-likeness (QED) is 0.274. The molecule has 4 rings (SSSR count). The number of fused-ring (bicyclic) bond motifs is 1. The van der Waals surface area contributed by atoms with Gasteiger partial charge in [0.2, 0.25) is 0 Å². The molecule has 0 heterocycles. The van der Waals surface area contributed by atoms with Crippen molar-refractivity contribution in [1.82, 2.24) is 4.72 Å². The van der Waals surface area contributed by atoms with Crippen molar-refractivity contribution in [1.29, 1.82) is 0 Å². The third-order valence-corrected chi connectivity index (χ3v) is 6.02. The Balaban J connectivity index is 0.000000431. The Morgan fingerprint density at radius 3 is 1.91 bits per heavy atom. The van der Waals surface area contributed by atoms with Gasteiger partial charge in [-0.3, -0.25) is 9.59 Å². The van der Waals surface area contributed by atoms with Gasteiger partial charge < -0.3 is 0 Å². The lowest BCUT2D eigenvalue weighted by atomic mass is 9.95. The summed E-state index contributed by atoms with van der Waals surface area (Å²) in [6.07, 6.45) is 6.65. The molecule has 0 bridgehead atoms. The van der Waals surface area contributed by atoms with Crippen molar-refractivity contribution in [3.05, 3.63) is 96.1 Å². The molecule has 2 aliphatic rings. The first kappa shape index (κ1) is 23.5. The topological polar surface area (TPSA) is 83.6 Å². The van der Waals surface area contributed by atoms with Crippen LogP contribution in [0.4, 0.5) is 5.69 Å². The monoisotopic (exact) mass is 458 g/mol. The third kappa shape index (κ3) is 5.56. The van der Waals surface area contributed by atoms with Gasteiger partial charge in [-0.05, 0) is 49.2 Å². The van der Waals surface area contributed by atoms with E-state index < -0.39 is 21.8 Å². The fourth-order valence-corrected chi connectivity index (χ4v) is 4.08. The first-order valence-electron chi connectivity index (χ1n) is 10.00. The Morgan fingerprint density at radius 2 is 1.42 bits per heavy atom. The number of sulfonamides is 1. The Kier molecular flexibility index (Phi) is 7.11. The summed E-state index contributed by atoms with van der Waals surface area (Å²) in [5.41, 5.74) is 3.77. The maximum atomic E-state index is 12.7. The highest BCUT2D eigenvalue weighted by Crippen LogP contribution is 2.29. The average molecular weight is 459 g/mol. The molecular formula is C26H22N2O4S. The molecule has 0 atom stereocenters. The maximum Gasteiger partial charge on any atom is 0.270 e. The lowest BCUT2D eigenvalue weighted by Gasteiger charge is -2.19. The molecule has 0 fully saturated rings. The molecule has 0 saturated heterocycles. The highest BCUT2D eigenvalue weighted by molar-refractivity contribution is 7.90. The molecule has 0 aliphatic heterocycles. The molecule has 6 nitrogen and oxygen atoms in total. The summed E-state index contributed by atoms with van der Waals surface area (Å²) < 4.78 is 27.3. The number of anilines is 1. The SMILES string of the molecule is C#CN(C(=O)c1ccccc1)c1ccccc1S(=O)(=O)NC(=O)C=C(C)C.c1cc2ccc1-2. The minimum absolute atomic E-state index is 0.0219. The number of amides is 2. The van der Waals surface area contributed by atoms with Crippen LogP contribution in [-0.4, -0.2) is 20.2 Å². The summed E-state index contributed by atoms with van der Waals surface area (Å²) in [5, 5.41) is 0. The Hall–Kier alpha value is -4.15. The molecule has 2 aliphatic carbocycles. The molecule has 2 aromatic carbocycles. The second kappa shape index (κ2) is 9.98. The van der Waals surface area contributed by atoms with Crippen LogP contribution in [0.15, 0.2) is 95.4 Å². The van der Waals surface area contributed by atoms with E-state index in [1.54, 1.807) is 50.2 Å². The second-order valence-corrected chi connectivity index (χ2v) is 9.02. The van der Waals surface area contributed by atoms with E-state index in [-0.39, 0.29) is 10.6 Å². The predicted molar refractivity (Wildman–Crippen MR) is 129 cm³/mol. The fourth-order valence-electron chi connectivity index (χ4n) is 2.96. The summed E-state index contributed by atoms with van der Waals surface area (Å²) in [6.45, 7) is 3.33. The van der Waals surface area contributed by atoms with Gasteiger partial charge in [-0.25, -0.2) is 18.0 Å². The number of nitrogens with zero attached hydrogens (tertiary/aromatic N) is 1. The number of terminal acetylenes is 1. The number of carbonyl (C=O) groups is 2. The molecule has 0 radical (unpaired) electrons. The third-order valence-electron chi connectivity index (χ3n) is 4.62. The zero-order valence-corrected chi connectivity index (χ0v) is 19.0. The molecular weight excluding hydrogens is 436 g/mol. The first-order valence-corrected chi connectivity index (χ1v) is 11.5. The fraction of sp³-hybridized carbons (Fsp3) is 0.0769. The number of rotatable bonds is 5. The van der Waals surface area contributed by atoms with Gasteiger partial charge in [0, 0.05) is 17.7 Å². The van der Waals surface area contributed by atoms with E-state index in [2.05, 4.69) is 30.3 Å². The van der Waals surface area contributed by atoms with Crippen LogP contribution in [0.2, 0.25) is 0 Å². The summed E-state index contributed by atoms with van der Waals surface area (Å²) in [6, 6.07) is 24.6. The van der Waals surface area contributed by atoms with Crippen molar-refractivity contribution >= 4 is 27.5 Å². The Morgan fingerprint density at radius 1 is 0.879 bits per heavy atom. The highest BCUT2D eigenvalue weighted by atomic mass is 32.2. The van der Waals surface area contributed by atoms with Crippen LogP contribution in [0.25, 0.3) is 11.1 Å². The van der Waals surface area contributed by atoms with E-state index >= 15 is 0 Å². The average Bonchev–Trinajstić information content (AvgIpc) is 2.77. The molecule has 7 heteroatoms. The number of para-hydroxylation sites is 1. The van der Waals surface area contributed by atoms with Crippen LogP contribution in [0.3, 0.4) is 0 Å². The lowest BCUT2D eigenvalue weighted by molar-refractivity contribution is -0.114. The van der Waals surface area contributed by atoms with Crippen LogP contribution in [0.1, 0.15) is 24.2 Å². The van der Waals surface area contributed by atoms with Gasteiger partial charge in [0.05, 0.1) is 5.69 Å². The van der Waals surface area contributed by atoms with Gasteiger partial charge >= 0.3 is 0 Å². The predicted octanol–water partition coefficient (Wildman–Crippen LogP) is 4.36. The number of carbonyl (C=O) groups excluding carboxylic acids is 2. The lowest BCUT2D eigenvalue weighted by Crippen LogP contribution is -2.32. The summed E-state index contributed by atoms with van der Waals surface area (Å²) in [7, 11) is -4.24. The molecule has 0 spiro atoms. The van der Waals surface area contributed by atoms with Crippen LogP contribution >= 0.6 is 0 Å². The maximum absolute atomic E-state index is 12.7. The number of nitrogens with one attached hydrogen (secondary N) is 1. The standard InChI is InChI=1S/C20H18N2O4S.C6H4/c1-4-22(20(24)16-10-6-5-7-11-16)17-12-8-9-13-18(17)27(25,26)21-19(23)14-15(2)3;1-2-6-4-3-5(1)6/h1,5-14H,2-3H3,(H,21,23);1-4H. The summed E-state index contributed by atoms with van der Waals surface area (Å²) in [5.74, 6) is -1.34. The highest BCUT2D eigenvalue weighted by Gasteiger charge is 2.26. The van der Waals surface area contributed by atoms with Gasteiger partial charge in [-0.15, -0.1) is 0 Å². The van der Waals surface area contributed by atoms with Crippen LogP contribution in [0, 0.1) is 12.5 Å². The number of hydrogen-bond acceptors (Lipinski definition) is 4. The first-order chi connectivity index (χ1) is 15.7. The van der Waals surface area contributed by atoms with E-state index in [0.717, 1.165) is 11.0 Å². The molecule has 0 unspecified atom stereocenters. The minimum Gasteiger partial charge on any atom is -0.269 e. The normalized spacial score (nSPS) is 10.6. The zero-order chi connectivity index (χ0) is 24.0. The minimum atomic E-state index is -4.24. The van der Waals surface area contributed by atoms with Crippen molar-refractivity contribution in [2.75, 3.05) is 4.90 Å². The molecule has 166 valence electrons. The smallest absolute Gasteiger partial charge is 0.269 e.